The van der Waals surface area contributed by atoms with Crippen LogP contribution in [0.15, 0.2) is 72.2 Å². The van der Waals surface area contributed by atoms with Crippen molar-refractivity contribution >= 4 is 29.9 Å². The number of aryl methyl sites for hydroxylation is 1. The van der Waals surface area contributed by atoms with Crippen molar-refractivity contribution in [1.29, 1.82) is 0 Å². The quantitative estimate of drug-likeness (QED) is 0.287. The first kappa shape index (κ1) is 22.9. The molecule has 6 heteroatoms. The predicted octanol–water partition coefficient (Wildman–Crippen LogP) is 4.33. The molecule has 3 rings (SSSR count). The van der Waals surface area contributed by atoms with E-state index in [1.54, 1.807) is 6.20 Å². The lowest BCUT2D eigenvalue weighted by atomic mass is 9.99. The van der Waals surface area contributed by atoms with E-state index in [1.807, 2.05) is 19.6 Å². The van der Waals surface area contributed by atoms with Gasteiger partial charge in [-0.3, -0.25) is 4.99 Å². The van der Waals surface area contributed by atoms with E-state index < -0.39 is 0 Å². The summed E-state index contributed by atoms with van der Waals surface area (Å²) in [7, 11) is 1.81. The number of hydrogen-bond acceptors (Lipinski definition) is 2. The maximum absolute atomic E-state index is 4.35. The first-order chi connectivity index (χ1) is 13.6. The molecule has 0 fully saturated rings. The Morgan fingerprint density at radius 1 is 1.10 bits per heavy atom. The number of benzene rings is 2. The molecule has 0 bridgehead atoms. The van der Waals surface area contributed by atoms with Gasteiger partial charge in [-0.1, -0.05) is 61.0 Å². The second-order valence-electron chi connectivity index (χ2n) is 7.18. The lowest BCUT2D eigenvalue weighted by molar-refractivity contribution is 0.698. The van der Waals surface area contributed by atoms with Gasteiger partial charge in [0.2, 0.25) is 0 Å². The Balaban J connectivity index is 0.00000300. The molecule has 1 atom stereocenters. The highest BCUT2D eigenvalue weighted by molar-refractivity contribution is 14.0. The van der Waals surface area contributed by atoms with E-state index in [-0.39, 0.29) is 24.0 Å². The van der Waals surface area contributed by atoms with Crippen molar-refractivity contribution in [2.45, 2.75) is 32.9 Å². The molecule has 1 heterocycles. The minimum Gasteiger partial charge on any atom is -0.356 e. The Morgan fingerprint density at radius 3 is 2.62 bits per heavy atom. The molecule has 1 aromatic heterocycles. The van der Waals surface area contributed by atoms with Crippen LogP contribution in [0.5, 0.6) is 0 Å². The number of aliphatic imine (C=N–C) groups is 1. The molecular formula is C23H30IN5. The summed E-state index contributed by atoms with van der Waals surface area (Å²) in [6, 6.07) is 17.3. The molecule has 0 saturated carbocycles. The van der Waals surface area contributed by atoms with Crippen molar-refractivity contribution < 1.29 is 0 Å². The van der Waals surface area contributed by atoms with Crippen LogP contribution in [0.3, 0.4) is 0 Å². The zero-order chi connectivity index (χ0) is 19.8. The average molecular weight is 503 g/mol. The van der Waals surface area contributed by atoms with Crippen LogP contribution in [-0.4, -0.2) is 29.1 Å². The predicted molar refractivity (Wildman–Crippen MR) is 131 cm³/mol. The molecule has 3 aromatic rings. The average Bonchev–Trinajstić information content (AvgIpc) is 3.21. The molecule has 2 N–H and O–H groups in total. The van der Waals surface area contributed by atoms with Gasteiger partial charge in [0.05, 0.1) is 6.33 Å². The molecule has 0 amide bonds. The van der Waals surface area contributed by atoms with Gasteiger partial charge in [0.25, 0.3) is 0 Å². The molecule has 0 saturated heterocycles. The highest BCUT2D eigenvalue weighted by atomic mass is 127. The zero-order valence-corrected chi connectivity index (χ0v) is 19.6. The normalized spacial score (nSPS) is 12.2. The van der Waals surface area contributed by atoms with E-state index in [2.05, 4.69) is 87.6 Å². The molecule has 0 aliphatic heterocycles. The van der Waals surface area contributed by atoms with E-state index in [0.29, 0.717) is 5.92 Å². The van der Waals surface area contributed by atoms with Gasteiger partial charge in [0, 0.05) is 39.1 Å². The number of nitrogens with one attached hydrogen (secondary N) is 2. The van der Waals surface area contributed by atoms with Crippen LogP contribution in [-0.2, 0) is 13.1 Å². The summed E-state index contributed by atoms with van der Waals surface area (Å²) in [4.78, 5) is 8.45. The second-order valence-corrected chi connectivity index (χ2v) is 7.18. The van der Waals surface area contributed by atoms with Crippen LogP contribution < -0.4 is 10.6 Å². The van der Waals surface area contributed by atoms with Crippen molar-refractivity contribution in [2.75, 3.05) is 13.6 Å². The van der Waals surface area contributed by atoms with Crippen LogP contribution in [0.1, 0.15) is 35.1 Å². The molecule has 154 valence electrons. The third kappa shape index (κ3) is 7.20. The Morgan fingerprint density at radius 2 is 1.90 bits per heavy atom. The van der Waals surface area contributed by atoms with Crippen molar-refractivity contribution in [1.82, 2.24) is 20.2 Å². The van der Waals surface area contributed by atoms with Gasteiger partial charge in [0.15, 0.2) is 5.96 Å². The molecule has 2 aromatic carbocycles. The largest absolute Gasteiger partial charge is 0.356 e. The van der Waals surface area contributed by atoms with Gasteiger partial charge in [0.1, 0.15) is 0 Å². The number of halogens is 1. The SMILES string of the molecule is CN=C(NCc1cccc(Cn2ccnc2)c1)NCC(C)c1cccc(C)c1.I. The van der Waals surface area contributed by atoms with E-state index in [9.17, 15) is 0 Å². The molecule has 0 spiro atoms. The summed E-state index contributed by atoms with van der Waals surface area (Å²) in [5.74, 6) is 1.23. The van der Waals surface area contributed by atoms with Gasteiger partial charge >= 0.3 is 0 Å². The maximum Gasteiger partial charge on any atom is 0.191 e. The fourth-order valence-electron chi connectivity index (χ4n) is 3.18. The summed E-state index contributed by atoms with van der Waals surface area (Å²) in [5.41, 5.74) is 5.12. The Hall–Kier alpha value is -2.35. The van der Waals surface area contributed by atoms with Crippen LogP contribution in [0.4, 0.5) is 0 Å². The summed E-state index contributed by atoms with van der Waals surface area (Å²) in [6.07, 6.45) is 5.62. The summed E-state index contributed by atoms with van der Waals surface area (Å²) in [6.45, 7) is 6.76. The van der Waals surface area contributed by atoms with E-state index in [4.69, 9.17) is 0 Å². The van der Waals surface area contributed by atoms with Crippen molar-refractivity contribution in [3.05, 3.63) is 89.5 Å². The van der Waals surface area contributed by atoms with Crippen LogP contribution >= 0.6 is 24.0 Å². The lowest BCUT2D eigenvalue weighted by Crippen LogP contribution is -2.38. The van der Waals surface area contributed by atoms with Crippen molar-refractivity contribution in [3.8, 4) is 0 Å². The second kappa shape index (κ2) is 11.6. The Labute approximate surface area is 190 Å². The molecule has 29 heavy (non-hydrogen) atoms. The topological polar surface area (TPSA) is 54.2 Å². The number of rotatable bonds is 7. The number of aromatic nitrogens is 2. The minimum absolute atomic E-state index is 0. The van der Waals surface area contributed by atoms with Gasteiger partial charge < -0.3 is 15.2 Å². The van der Waals surface area contributed by atoms with Gasteiger partial charge in [-0.15, -0.1) is 24.0 Å². The zero-order valence-electron chi connectivity index (χ0n) is 17.3. The summed E-state index contributed by atoms with van der Waals surface area (Å²) in [5, 5.41) is 6.84. The standard InChI is InChI=1S/C23H29N5.HI/c1-18-6-4-9-22(12-18)19(2)14-26-23(24-3)27-15-20-7-5-8-21(13-20)16-28-11-10-25-17-28;/h4-13,17,19H,14-16H2,1-3H3,(H2,24,26,27);1H. The minimum atomic E-state index is 0. The third-order valence-electron chi connectivity index (χ3n) is 4.79. The van der Waals surface area contributed by atoms with E-state index in [0.717, 1.165) is 25.6 Å². The van der Waals surface area contributed by atoms with Crippen LogP contribution in [0.2, 0.25) is 0 Å². The summed E-state index contributed by atoms with van der Waals surface area (Å²) >= 11 is 0. The molecule has 5 nitrogen and oxygen atoms in total. The van der Waals surface area contributed by atoms with Crippen molar-refractivity contribution in [2.24, 2.45) is 4.99 Å². The first-order valence-corrected chi connectivity index (χ1v) is 9.68. The fourth-order valence-corrected chi connectivity index (χ4v) is 3.18. The van der Waals surface area contributed by atoms with E-state index in [1.165, 1.54) is 22.3 Å². The number of guanidine groups is 1. The Kier molecular flexibility index (Phi) is 9.18. The smallest absolute Gasteiger partial charge is 0.191 e. The van der Waals surface area contributed by atoms with E-state index >= 15 is 0 Å². The molecule has 1 unspecified atom stereocenters. The fraction of sp³-hybridized carbons (Fsp3) is 0.304. The summed E-state index contributed by atoms with van der Waals surface area (Å²) < 4.78 is 2.07. The molecule has 0 aliphatic carbocycles. The number of nitrogens with zero attached hydrogens (tertiary/aromatic N) is 3. The monoisotopic (exact) mass is 503 g/mol. The van der Waals surface area contributed by atoms with Gasteiger partial charge in [-0.25, -0.2) is 4.98 Å². The molecule has 0 radical (unpaired) electrons. The van der Waals surface area contributed by atoms with Crippen molar-refractivity contribution in [3.63, 3.8) is 0 Å². The number of hydrogen-bond donors (Lipinski definition) is 2. The Bertz CT molecular complexity index is 905. The third-order valence-corrected chi connectivity index (χ3v) is 4.79. The highest BCUT2D eigenvalue weighted by Crippen LogP contribution is 2.15. The lowest BCUT2D eigenvalue weighted by Gasteiger charge is -2.17. The van der Waals surface area contributed by atoms with Crippen LogP contribution in [0.25, 0.3) is 0 Å². The highest BCUT2D eigenvalue weighted by Gasteiger charge is 2.07. The van der Waals surface area contributed by atoms with Crippen LogP contribution in [0, 0.1) is 6.92 Å². The number of imidazole rings is 1. The molecular weight excluding hydrogens is 473 g/mol. The maximum atomic E-state index is 4.35. The first-order valence-electron chi connectivity index (χ1n) is 9.68. The van der Waals surface area contributed by atoms with Gasteiger partial charge in [-0.05, 0) is 29.5 Å². The van der Waals surface area contributed by atoms with Gasteiger partial charge in [-0.2, -0.15) is 0 Å². The molecule has 0 aliphatic rings.